The molecule has 0 saturated heterocycles. The summed E-state index contributed by atoms with van der Waals surface area (Å²) in [5.41, 5.74) is 5.05. The summed E-state index contributed by atoms with van der Waals surface area (Å²) in [5.74, 6) is -2.02. The van der Waals surface area contributed by atoms with Crippen molar-refractivity contribution < 1.29 is 19.4 Å². The number of aliphatic carboxylic acids is 1. The zero-order valence-corrected chi connectivity index (χ0v) is 11.8. The molecule has 20 heavy (non-hydrogen) atoms. The van der Waals surface area contributed by atoms with Crippen LogP contribution in [0.2, 0.25) is 0 Å². The lowest BCUT2D eigenvalue weighted by Crippen LogP contribution is -2.49. The molecule has 0 fully saturated rings. The van der Waals surface area contributed by atoms with E-state index in [1.807, 2.05) is 0 Å². The Morgan fingerprint density at radius 2 is 1.95 bits per heavy atom. The third kappa shape index (κ3) is 2.18. The summed E-state index contributed by atoms with van der Waals surface area (Å²) in [6.45, 7) is 5.11. The van der Waals surface area contributed by atoms with Gasteiger partial charge in [-0.05, 0) is 31.9 Å². The van der Waals surface area contributed by atoms with Crippen LogP contribution in [0.5, 0.6) is 0 Å². The molecule has 5 nitrogen and oxygen atoms in total. The number of hydrogen-bond donors (Lipinski definition) is 2. The van der Waals surface area contributed by atoms with Crippen LogP contribution in [0, 0.1) is 5.41 Å². The fourth-order valence-corrected chi connectivity index (χ4v) is 2.54. The number of carbonyl (C=O) groups is 2. The van der Waals surface area contributed by atoms with Gasteiger partial charge in [0.05, 0.1) is 6.04 Å². The molecule has 5 heteroatoms. The summed E-state index contributed by atoms with van der Waals surface area (Å²) in [7, 11) is 0. The molecule has 1 aromatic carbocycles. The number of hydrogen-bond acceptors (Lipinski definition) is 4. The molecule has 2 atom stereocenters. The van der Waals surface area contributed by atoms with Gasteiger partial charge in [0, 0.05) is 6.42 Å². The highest BCUT2D eigenvalue weighted by molar-refractivity contribution is 6.01. The van der Waals surface area contributed by atoms with Gasteiger partial charge in [-0.3, -0.25) is 9.59 Å². The van der Waals surface area contributed by atoms with E-state index in [2.05, 4.69) is 0 Å². The lowest BCUT2D eigenvalue weighted by Gasteiger charge is -2.30. The third-order valence-corrected chi connectivity index (χ3v) is 3.54. The lowest BCUT2D eigenvalue weighted by molar-refractivity contribution is -0.178. The first-order valence-corrected chi connectivity index (χ1v) is 6.49. The number of fused-ring (bicyclic) bond motifs is 1. The van der Waals surface area contributed by atoms with E-state index in [0.717, 1.165) is 5.56 Å². The number of carbonyl (C=O) groups excluding carboxylic acids is 1. The molecular weight excluding hydrogens is 258 g/mol. The average molecular weight is 277 g/mol. The van der Waals surface area contributed by atoms with E-state index in [0.29, 0.717) is 5.56 Å². The standard InChI is InChI=1S/C15H19NO4/c1-14(2,3)20-13(19)15(12(17)18)8-9-6-4-5-7-10(9)11(15)16/h4-7,11H,8,16H2,1-3H3,(H,17,18). The monoisotopic (exact) mass is 277 g/mol. The predicted octanol–water partition coefficient (Wildman–Crippen LogP) is 1.66. The van der Waals surface area contributed by atoms with Crippen molar-refractivity contribution in [3.63, 3.8) is 0 Å². The first-order valence-electron chi connectivity index (χ1n) is 6.49. The van der Waals surface area contributed by atoms with Crippen LogP contribution >= 0.6 is 0 Å². The Morgan fingerprint density at radius 1 is 1.35 bits per heavy atom. The fourth-order valence-electron chi connectivity index (χ4n) is 2.54. The van der Waals surface area contributed by atoms with E-state index >= 15 is 0 Å². The molecule has 108 valence electrons. The third-order valence-electron chi connectivity index (χ3n) is 3.54. The minimum Gasteiger partial charge on any atom is -0.480 e. The van der Waals surface area contributed by atoms with Crippen molar-refractivity contribution in [1.29, 1.82) is 0 Å². The first kappa shape index (κ1) is 14.5. The second kappa shape index (κ2) is 4.59. The van der Waals surface area contributed by atoms with E-state index in [1.54, 1.807) is 45.0 Å². The van der Waals surface area contributed by atoms with E-state index < -0.39 is 29.0 Å². The maximum Gasteiger partial charge on any atom is 0.326 e. The number of benzene rings is 1. The van der Waals surface area contributed by atoms with Gasteiger partial charge in [0.2, 0.25) is 0 Å². The number of carboxylic acid groups (broad SMARTS) is 1. The number of rotatable bonds is 2. The van der Waals surface area contributed by atoms with Crippen LogP contribution in [-0.2, 0) is 20.7 Å². The molecular formula is C15H19NO4. The molecule has 0 spiro atoms. The van der Waals surface area contributed by atoms with E-state index in [4.69, 9.17) is 10.5 Å². The van der Waals surface area contributed by atoms with E-state index in [9.17, 15) is 14.7 Å². The maximum atomic E-state index is 12.4. The maximum absolute atomic E-state index is 12.4. The van der Waals surface area contributed by atoms with Gasteiger partial charge < -0.3 is 15.6 Å². The minimum absolute atomic E-state index is 0.0641. The summed E-state index contributed by atoms with van der Waals surface area (Å²) >= 11 is 0. The Labute approximate surface area is 117 Å². The average Bonchev–Trinajstić information content (AvgIpc) is 2.62. The van der Waals surface area contributed by atoms with Gasteiger partial charge in [0.15, 0.2) is 5.41 Å². The molecule has 2 rings (SSSR count). The molecule has 0 aromatic heterocycles. The molecule has 1 aliphatic carbocycles. The molecule has 0 bridgehead atoms. The molecule has 3 N–H and O–H groups in total. The summed E-state index contributed by atoms with van der Waals surface area (Å²) < 4.78 is 5.29. The largest absolute Gasteiger partial charge is 0.480 e. The number of nitrogens with two attached hydrogens (primary N) is 1. The highest BCUT2D eigenvalue weighted by Gasteiger charge is 2.58. The Balaban J connectivity index is 2.45. The molecule has 1 aromatic rings. The van der Waals surface area contributed by atoms with Gasteiger partial charge in [0.25, 0.3) is 0 Å². The Bertz CT molecular complexity index is 561. The zero-order valence-electron chi connectivity index (χ0n) is 11.8. The van der Waals surface area contributed by atoms with Gasteiger partial charge in [-0.15, -0.1) is 0 Å². The van der Waals surface area contributed by atoms with Crippen molar-refractivity contribution in [2.24, 2.45) is 11.1 Å². The van der Waals surface area contributed by atoms with Crippen molar-refractivity contribution in [3.05, 3.63) is 35.4 Å². The van der Waals surface area contributed by atoms with Crippen LogP contribution in [0.3, 0.4) is 0 Å². The van der Waals surface area contributed by atoms with Gasteiger partial charge >= 0.3 is 11.9 Å². The summed E-state index contributed by atoms with van der Waals surface area (Å²) in [4.78, 5) is 24.2. The fraction of sp³-hybridized carbons (Fsp3) is 0.467. The topological polar surface area (TPSA) is 89.6 Å². The van der Waals surface area contributed by atoms with Crippen LogP contribution in [-0.4, -0.2) is 22.6 Å². The van der Waals surface area contributed by atoms with Gasteiger partial charge in [-0.25, -0.2) is 0 Å². The number of esters is 1. The SMILES string of the molecule is CC(C)(C)OC(=O)C1(C(=O)O)Cc2ccccc2C1N. The van der Waals surface area contributed by atoms with Crippen molar-refractivity contribution in [2.75, 3.05) is 0 Å². The second-order valence-corrected chi connectivity index (χ2v) is 6.13. The highest BCUT2D eigenvalue weighted by atomic mass is 16.6. The Kier molecular flexibility index (Phi) is 3.34. The zero-order chi connectivity index (χ0) is 15.1. The smallest absolute Gasteiger partial charge is 0.326 e. The summed E-state index contributed by atoms with van der Waals surface area (Å²) in [5, 5.41) is 9.59. The van der Waals surface area contributed by atoms with E-state index in [-0.39, 0.29) is 6.42 Å². The van der Waals surface area contributed by atoms with Crippen LogP contribution in [0.15, 0.2) is 24.3 Å². The number of carboxylic acids is 1. The highest BCUT2D eigenvalue weighted by Crippen LogP contribution is 2.46. The molecule has 0 saturated carbocycles. The number of ether oxygens (including phenoxy) is 1. The molecule has 0 amide bonds. The van der Waals surface area contributed by atoms with Crippen molar-refractivity contribution in [3.8, 4) is 0 Å². The van der Waals surface area contributed by atoms with Crippen LogP contribution in [0.1, 0.15) is 37.9 Å². The van der Waals surface area contributed by atoms with Gasteiger partial charge in [0.1, 0.15) is 5.60 Å². The van der Waals surface area contributed by atoms with Crippen molar-refractivity contribution in [2.45, 2.75) is 38.8 Å². The second-order valence-electron chi connectivity index (χ2n) is 6.13. The minimum atomic E-state index is -1.74. The molecule has 1 aliphatic rings. The quantitative estimate of drug-likeness (QED) is 0.634. The first-order chi connectivity index (χ1) is 9.18. The van der Waals surface area contributed by atoms with Crippen molar-refractivity contribution in [1.82, 2.24) is 0 Å². The normalized spacial score (nSPS) is 25.1. The van der Waals surface area contributed by atoms with Crippen LogP contribution in [0.4, 0.5) is 0 Å². The van der Waals surface area contributed by atoms with E-state index in [1.165, 1.54) is 0 Å². The lowest BCUT2D eigenvalue weighted by atomic mass is 9.81. The molecule has 0 radical (unpaired) electrons. The summed E-state index contributed by atoms with van der Waals surface area (Å²) in [6.07, 6.45) is 0.0641. The Hall–Kier alpha value is -1.88. The molecule has 0 heterocycles. The van der Waals surface area contributed by atoms with Crippen LogP contribution < -0.4 is 5.73 Å². The van der Waals surface area contributed by atoms with Gasteiger partial charge in [-0.1, -0.05) is 24.3 Å². The Morgan fingerprint density at radius 3 is 2.45 bits per heavy atom. The summed E-state index contributed by atoms with van der Waals surface area (Å²) in [6, 6.07) is 6.25. The van der Waals surface area contributed by atoms with Crippen molar-refractivity contribution >= 4 is 11.9 Å². The molecule has 2 unspecified atom stereocenters. The predicted molar refractivity (Wildman–Crippen MR) is 73.0 cm³/mol. The van der Waals surface area contributed by atoms with Gasteiger partial charge in [-0.2, -0.15) is 0 Å². The molecule has 0 aliphatic heterocycles. The van der Waals surface area contributed by atoms with Crippen LogP contribution in [0.25, 0.3) is 0 Å².